The van der Waals surface area contributed by atoms with E-state index in [9.17, 15) is 4.79 Å². The summed E-state index contributed by atoms with van der Waals surface area (Å²) in [6, 6.07) is 5.88. The molecule has 1 aliphatic heterocycles. The molecule has 4 aromatic heterocycles. The van der Waals surface area contributed by atoms with Gasteiger partial charge in [0.1, 0.15) is 5.39 Å². The zero-order chi connectivity index (χ0) is 24.2. The Kier molecular flexibility index (Phi) is 5.27. The second-order valence-electron chi connectivity index (χ2n) is 10.2. The van der Waals surface area contributed by atoms with E-state index >= 15 is 0 Å². The van der Waals surface area contributed by atoms with Gasteiger partial charge in [0.2, 0.25) is 5.95 Å². The van der Waals surface area contributed by atoms with Gasteiger partial charge in [-0.1, -0.05) is 20.8 Å². The first-order valence-electron chi connectivity index (χ1n) is 11.6. The number of anilines is 2. The minimum absolute atomic E-state index is 0.0683. The van der Waals surface area contributed by atoms with Crippen LogP contribution in [-0.4, -0.2) is 52.6 Å². The molecule has 0 unspecified atom stereocenters. The summed E-state index contributed by atoms with van der Waals surface area (Å²) in [6.07, 6.45) is 3.38. The second kappa shape index (κ2) is 8.05. The average Bonchev–Trinajstić information content (AvgIpc) is 3.30. The maximum absolute atomic E-state index is 13.3. The number of nitrogens with one attached hydrogen (secondary N) is 1. The summed E-state index contributed by atoms with van der Waals surface area (Å²) in [7, 11) is 2.10. The Balaban J connectivity index is 1.62. The van der Waals surface area contributed by atoms with Gasteiger partial charge in [0, 0.05) is 48.7 Å². The van der Waals surface area contributed by atoms with Gasteiger partial charge in [-0.15, -0.1) is 0 Å². The minimum atomic E-state index is -0.127. The lowest BCUT2D eigenvalue weighted by molar-refractivity contribution is 0.259. The Morgan fingerprint density at radius 1 is 1.12 bits per heavy atom. The van der Waals surface area contributed by atoms with Gasteiger partial charge in [-0.05, 0) is 33.0 Å². The molecular weight excluding hydrogens is 430 g/mol. The van der Waals surface area contributed by atoms with Crippen LogP contribution in [0.3, 0.4) is 0 Å². The van der Waals surface area contributed by atoms with Crippen LogP contribution in [0.25, 0.3) is 16.7 Å². The number of aromatic nitrogens is 7. The molecule has 0 amide bonds. The van der Waals surface area contributed by atoms with Crippen molar-refractivity contribution < 1.29 is 0 Å². The van der Waals surface area contributed by atoms with Gasteiger partial charge in [0.25, 0.3) is 5.56 Å². The SMILES string of the molecule is CC(C)n1c(=O)c2cnc(Nc3cc4n(n3)CCN(C)C4)nc2n1-c1ccnc(C(C)(C)C)c1. The molecule has 5 heterocycles. The summed E-state index contributed by atoms with van der Waals surface area (Å²) in [5.74, 6) is 1.09. The van der Waals surface area contributed by atoms with Crippen LogP contribution < -0.4 is 10.9 Å². The first kappa shape index (κ1) is 22.3. The second-order valence-corrected chi connectivity index (χ2v) is 10.2. The monoisotopic (exact) mass is 461 g/mol. The molecule has 0 saturated carbocycles. The fourth-order valence-corrected chi connectivity index (χ4v) is 4.31. The van der Waals surface area contributed by atoms with E-state index in [2.05, 4.69) is 53.1 Å². The summed E-state index contributed by atoms with van der Waals surface area (Å²) in [5, 5.41) is 8.35. The van der Waals surface area contributed by atoms with Gasteiger partial charge >= 0.3 is 0 Å². The van der Waals surface area contributed by atoms with Crippen molar-refractivity contribution in [3.8, 4) is 5.69 Å². The summed E-state index contributed by atoms with van der Waals surface area (Å²) in [6.45, 7) is 13.0. The predicted octanol–water partition coefficient (Wildman–Crippen LogP) is 3.24. The first-order valence-corrected chi connectivity index (χ1v) is 11.6. The Morgan fingerprint density at radius 3 is 2.65 bits per heavy atom. The Hall–Kier alpha value is -3.53. The number of hydrogen-bond donors (Lipinski definition) is 1. The Labute approximate surface area is 198 Å². The van der Waals surface area contributed by atoms with Crippen molar-refractivity contribution in [2.75, 3.05) is 18.9 Å². The molecule has 0 bridgehead atoms. The van der Waals surface area contributed by atoms with Crippen molar-refractivity contribution >= 4 is 22.8 Å². The summed E-state index contributed by atoms with van der Waals surface area (Å²) in [5.41, 5.74) is 3.23. The fraction of sp³-hybridized carbons (Fsp3) is 0.458. The predicted molar refractivity (Wildman–Crippen MR) is 132 cm³/mol. The van der Waals surface area contributed by atoms with Crippen LogP contribution in [0, 0.1) is 0 Å². The molecule has 178 valence electrons. The molecule has 34 heavy (non-hydrogen) atoms. The normalized spacial score (nSPS) is 14.7. The third-order valence-corrected chi connectivity index (χ3v) is 6.10. The van der Waals surface area contributed by atoms with E-state index in [1.807, 2.05) is 41.4 Å². The lowest BCUT2D eigenvalue weighted by Gasteiger charge is -2.22. The standard InChI is InChI=1S/C24H31N9O/c1-15(2)32-22(34)18-13-26-23(27-20-12-17-14-30(6)9-10-31(17)29-20)28-21(18)33(32)16-7-8-25-19(11-16)24(3,4)5/h7-8,11-13,15H,9-10,14H2,1-6H3,(H,26,27,28,29). The van der Waals surface area contributed by atoms with Gasteiger partial charge in [-0.25, -0.2) is 14.3 Å². The van der Waals surface area contributed by atoms with Crippen molar-refractivity contribution in [2.45, 2.75) is 59.2 Å². The van der Waals surface area contributed by atoms with Gasteiger partial charge in [0.05, 0.1) is 17.9 Å². The largest absolute Gasteiger partial charge is 0.307 e. The zero-order valence-corrected chi connectivity index (χ0v) is 20.6. The molecule has 0 aliphatic carbocycles. The fourth-order valence-electron chi connectivity index (χ4n) is 4.31. The highest BCUT2D eigenvalue weighted by Gasteiger charge is 2.22. The number of likely N-dealkylation sites (N-methyl/N-ethyl adjacent to an activating group) is 1. The third kappa shape index (κ3) is 3.87. The summed E-state index contributed by atoms with van der Waals surface area (Å²) >= 11 is 0. The van der Waals surface area contributed by atoms with Gasteiger partial charge < -0.3 is 5.32 Å². The van der Waals surface area contributed by atoms with Crippen molar-refractivity contribution in [3.63, 3.8) is 0 Å². The molecular formula is C24H31N9O. The van der Waals surface area contributed by atoms with Crippen LogP contribution in [0.2, 0.25) is 0 Å². The Morgan fingerprint density at radius 2 is 1.91 bits per heavy atom. The maximum atomic E-state index is 13.3. The summed E-state index contributed by atoms with van der Waals surface area (Å²) < 4.78 is 5.60. The highest BCUT2D eigenvalue weighted by Crippen LogP contribution is 2.25. The molecule has 0 radical (unpaired) electrons. The van der Waals surface area contributed by atoms with Gasteiger partial charge in [-0.3, -0.25) is 19.4 Å². The molecule has 5 rings (SSSR count). The number of fused-ring (bicyclic) bond motifs is 2. The molecule has 4 aromatic rings. The van der Waals surface area contributed by atoms with E-state index in [1.165, 1.54) is 0 Å². The van der Waals surface area contributed by atoms with Crippen LogP contribution in [0.4, 0.5) is 11.8 Å². The number of rotatable bonds is 4. The maximum Gasteiger partial charge on any atom is 0.278 e. The number of pyridine rings is 1. The van der Waals surface area contributed by atoms with Crippen LogP contribution in [0.1, 0.15) is 52.0 Å². The molecule has 10 heteroatoms. The minimum Gasteiger partial charge on any atom is -0.307 e. The van der Waals surface area contributed by atoms with Gasteiger partial charge in [-0.2, -0.15) is 10.1 Å². The quantitative estimate of drug-likeness (QED) is 0.498. The molecule has 0 saturated heterocycles. The van der Waals surface area contributed by atoms with E-state index in [-0.39, 0.29) is 17.0 Å². The zero-order valence-electron chi connectivity index (χ0n) is 20.6. The lowest BCUT2D eigenvalue weighted by Crippen LogP contribution is -2.30. The van der Waals surface area contributed by atoms with Crippen LogP contribution in [0.5, 0.6) is 0 Å². The number of hydrogen-bond acceptors (Lipinski definition) is 7. The van der Waals surface area contributed by atoms with Crippen molar-refractivity contribution in [1.29, 1.82) is 0 Å². The van der Waals surface area contributed by atoms with Crippen LogP contribution >= 0.6 is 0 Å². The summed E-state index contributed by atoms with van der Waals surface area (Å²) in [4.78, 5) is 29.3. The van der Waals surface area contributed by atoms with Crippen LogP contribution in [0.15, 0.2) is 35.4 Å². The topological polar surface area (TPSA) is 98.7 Å². The van der Waals surface area contributed by atoms with E-state index in [4.69, 9.17) is 4.98 Å². The van der Waals surface area contributed by atoms with Crippen molar-refractivity contribution in [2.24, 2.45) is 0 Å². The third-order valence-electron chi connectivity index (χ3n) is 6.10. The van der Waals surface area contributed by atoms with E-state index in [0.717, 1.165) is 36.7 Å². The van der Waals surface area contributed by atoms with E-state index in [1.54, 1.807) is 17.1 Å². The van der Waals surface area contributed by atoms with E-state index < -0.39 is 0 Å². The van der Waals surface area contributed by atoms with E-state index in [0.29, 0.717) is 22.8 Å². The first-order chi connectivity index (χ1) is 16.1. The molecule has 0 aromatic carbocycles. The Bertz CT molecular complexity index is 1420. The highest BCUT2D eigenvalue weighted by atomic mass is 16.1. The molecule has 10 nitrogen and oxygen atoms in total. The van der Waals surface area contributed by atoms with Gasteiger partial charge in [0.15, 0.2) is 11.5 Å². The van der Waals surface area contributed by atoms with Crippen LogP contribution in [-0.2, 0) is 18.5 Å². The van der Waals surface area contributed by atoms with Crippen molar-refractivity contribution in [1.82, 2.24) is 39.0 Å². The highest BCUT2D eigenvalue weighted by molar-refractivity contribution is 5.77. The molecule has 1 aliphatic rings. The molecule has 1 N–H and O–H groups in total. The average molecular weight is 462 g/mol. The lowest BCUT2D eigenvalue weighted by atomic mass is 9.91. The molecule has 0 spiro atoms. The molecule has 0 atom stereocenters. The molecule has 0 fully saturated rings. The van der Waals surface area contributed by atoms with Crippen molar-refractivity contribution in [3.05, 3.63) is 52.3 Å². The number of nitrogens with zero attached hydrogens (tertiary/aromatic N) is 8. The smallest absolute Gasteiger partial charge is 0.278 e.